The first kappa shape index (κ1) is 16.5. The van der Waals surface area contributed by atoms with Gasteiger partial charge in [0.05, 0.1) is 17.5 Å². The number of hydrogen-bond acceptors (Lipinski definition) is 4. The van der Waals surface area contributed by atoms with E-state index in [2.05, 4.69) is 54.1 Å². The van der Waals surface area contributed by atoms with Gasteiger partial charge in [-0.1, -0.05) is 15.9 Å². The van der Waals surface area contributed by atoms with E-state index in [0.717, 1.165) is 40.8 Å². The average molecular weight is 425 g/mol. The van der Waals surface area contributed by atoms with Crippen molar-refractivity contribution in [2.75, 3.05) is 6.54 Å². The summed E-state index contributed by atoms with van der Waals surface area (Å²) in [6.45, 7) is 2.24. The van der Waals surface area contributed by atoms with E-state index < -0.39 is 0 Å². The Kier molecular flexibility index (Phi) is 3.98. The Labute approximate surface area is 163 Å². The topological polar surface area (TPSA) is 77.9 Å². The number of fused-ring (bicyclic) bond motifs is 2. The standard InChI is InChI=1S/C20H17BrN4O2/c21-13-3-4-16-14(8-13)12(9-22-16)10-25-6-5-17-15(11-25)20(26)24-19(23-17)18-2-1-7-27-18/h1-4,7-9,22H,5-6,10-11H2,(H,23,24,26). The Bertz CT molecular complexity index is 1180. The summed E-state index contributed by atoms with van der Waals surface area (Å²) in [5.74, 6) is 1.08. The number of furan rings is 1. The van der Waals surface area contributed by atoms with Gasteiger partial charge in [0.2, 0.25) is 0 Å². The fraction of sp³-hybridized carbons (Fsp3) is 0.200. The Morgan fingerprint density at radius 2 is 2.22 bits per heavy atom. The number of aromatic nitrogens is 3. The molecule has 0 unspecified atom stereocenters. The number of hydrogen-bond donors (Lipinski definition) is 2. The van der Waals surface area contributed by atoms with Crippen LogP contribution in [0.3, 0.4) is 0 Å². The number of aromatic amines is 2. The number of H-pyrrole nitrogens is 2. The second-order valence-corrected chi connectivity index (χ2v) is 7.70. The van der Waals surface area contributed by atoms with E-state index in [9.17, 15) is 4.79 Å². The second-order valence-electron chi connectivity index (χ2n) is 6.78. The number of nitrogens with one attached hydrogen (secondary N) is 2. The van der Waals surface area contributed by atoms with Crippen LogP contribution in [0.1, 0.15) is 16.8 Å². The van der Waals surface area contributed by atoms with Gasteiger partial charge < -0.3 is 14.4 Å². The lowest BCUT2D eigenvalue weighted by Crippen LogP contribution is -2.35. The summed E-state index contributed by atoms with van der Waals surface area (Å²) >= 11 is 3.54. The summed E-state index contributed by atoms with van der Waals surface area (Å²) < 4.78 is 6.42. The molecule has 136 valence electrons. The average Bonchev–Trinajstić information content (AvgIpc) is 3.33. The van der Waals surface area contributed by atoms with Crippen LogP contribution in [0.2, 0.25) is 0 Å². The van der Waals surface area contributed by atoms with Gasteiger partial charge in [-0.15, -0.1) is 0 Å². The molecule has 1 aliphatic rings. The van der Waals surface area contributed by atoms with Crippen molar-refractivity contribution in [1.82, 2.24) is 19.9 Å². The van der Waals surface area contributed by atoms with Crippen molar-refractivity contribution in [3.05, 3.63) is 74.4 Å². The first-order chi connectivity index (χ1) is 13.2. The predicted octanol–water partition coefficient (Wildman–Crippen LogP) is 3.83. The molecular formula is C20H17BrN4O2. The fourth-order valence-corrected chi connectivity index (χ4v) is 4.03. The summed E-state index contributed by atoms with van der Waals surface area (Å²) in [5, 5.41) is 1.20. The SMILES string of the molecule is O=c1[nH]c(-c2ccco2)nc2c1CN(Cc1c[nH]c3ccc(Br)cc13)CC2. The maximum Gasteiger partial charge on any atom is 0.256 e. The molecule has 6 nitrogen and oxygen atoms in total. The van der Waals surface area contributed by atoms with Crippen molar-refractivity contribution in [3.63, 3.8) is 0 Å². The monoisotopic (exact) mass is 424 g/mol. The summed E-state index contributed by atoms with van der Waals surface area (Å²) in [6.07, 6.45) is 4.38. The van der Waals surface area contributed by atoms with Gasteiger partial charge in [-0.05, 0) is 35.9 Å². The number of rotatable bonds is 3. The van der Waals surface area contributed by atoms with Crippen molar-refractivity contribution in [2.45, 2.75) is 19.5 Å². The maximum absolute atomic E-state index is 12.6. The minimum absolute atomic E-state index is 0.0854. The number of benzene rings is 1. The van der Waals surface area contributed by atoms with Gasteiger partial charge in [0.15, 0.2) is 11.6 Å². The highest BCUT2D eigenvalue weighted by Gasteiger charge is 2.22. The summed E-state index contributed by atoms with van der Waals surface area (Å²) in [5.41, 5.74) is 3.87. The Balaban J connectivity index is 1.42. The molecule has 0 spiro atoms. The van der Waals surface area contributed by atoms with E-state index >= 15 is 0 Å². The molecule has 1 aliphatic heterocycles. The molecule has 0 bridgehead atoms. The highest BCUT2D eigenvalue weighted by Crippen LogP contribution is 2.25. The van der Waals surface area contributed by atoms with Crippen LogP contribution in [0.15, 0.2) is 56.5 Å². The first-order valence-corrected chi connectivity index (χ1v) is 9.60. The van der Waals surface area contributed by atoms with Crippen LogP contribution >= 0.6 is 15.9 Å². The highest BCUT2D eigenvalue weighted by atomic mass is 79.9. The Hall–Kier alpha value is -2.64. The van der Waals surface area contributed by atoms with Crippen LogP contribution in [0.5, 0.6) is 0 Å². The van der Waals surface area contributed by atoms with Gasteiger partial charge in [0, 0.05) is 47.6 Å². The fourth-order valence-electron chi connectivity index (χ4n) is 3.67. The van der Waals surface area contributed by atoms with Gasteiger partial charge >= 0.3 is 0 Å². The maximum atomic E-state index is 12.6. The third-order valence-electron chi connectivity index (χ3n) is 5.03. The lowest BCUT2D eigenvalue weighted by Gasteiger charge is -2.27. The minimum atomic E-state index is -0.0854. The predicted molar refractivity (Wildman–Crippen MR) is 106 cm³/mol. The van der Waals surface area contributed by atoms with E-state index in [1.165, 1.54) is 10.9 Å². The molecule has 7 heteroatoms. The van der Waals surface area contributed by atoms with Crippen LogP contribution in [0, 0.1) is 0 Å². The Morgan fingerprint density at radius 1 is 1.30 bits per heavy atom. The van der Waals surface area contributed by atoms with Crippen LogP contribution in [0.4, 0.5) is 0 Å². The first-order valence-electron chi connectivity index (χ1n) is 8.81. The van der Waals surface area contributed by atoms with E-state index in [1.807, 2.05) is 6.07 Å². The lowest BCUT2D eigenvalue weighted by molar-refractivity contribution is 0.242. The van der Waals surface area contributed by atoms with Crippen LogP contribution in [-0.2, 0) is 19.5 Å². The molecule has 1 aromatic carbocycles. The van der Waals surface area contributed by atoms with Gasteiger partial charge in [0.25, 0.3) is 5.56 Å². The molecule has 2 N–H and O–H groups in total. The zero-order valence-electron chi connectivity index (χ0n) is 14.5. The molecule has 0 atom stereocenters. The van der Waals surface area contributed by atoms with E-state index in [-0.39, 0.29) is 5.56 Å². The van der Waals surface area contributed by atoms with E-state index in [0.29, 0.717) is 18.1 Å². The molecule has 0 saturated heterocycles. The smallest absolute Gasteiger partial charge is 0.256 e. The molecule has 3 aromatic heterocycles. The van der Waals surface area contributed by atoms with Crippen molar-refractivity contribution < 1.29 is 4.42 Å². The zero-order chi connectivity index (χ0) is 18.4. The summed E-state index contributed by atoms with van der Waals surface area (Å²) in [4.78, 5) is 25.7. The normalized spacial score (nSPS) is 14.6. The van der Waals surface area contributed by atoms with Crippen molar-refractivity contribution in [2.24, 2.45) is 0 Å². The van der Waals surface area contributed by atoms with Gasteiger partial charge in [-0.3, -0.25) is 9.69 Å². The van der Waals surface area contributed by atoms with E-state index in [4.69, 9.17) is 4.42 Å². The molecule has 5 rings (SSSR count). The molecule has 4 aromatic rings. The van der Waals surface area contributed by atoms with Gasteiger partial charge in [-0.25, -0.2) is 4.98 Å². The number of halogens is 1. The Morgan fingerprint density at radius 3 is 3.07 bits per heavy atom. The van der Waals surface area contributed by atoms with Crippen LogP contribution in [-0.4, -0.2) is 26.4 Å². The molecule has 27 heavy (non-hydrogen) atoms. The molecule has 0 amide bonds. The van der Waals surface area contributed by atoms with Crippen molar-refractivity contribution >= 4 is 26.8 Å². The molecule has 0 fully saturated rings. The second kappa shape index (κ2) is 6.51. The van der Waals surface area contributed by atoms with Gasteiger partial charge in [0.1, 0.15) is 0 Å². The quantitative estimate of drug-likeness (QED) is 0.523. The third-order valence-corrected chi connectivity index (χ3v) is 5.52. The summed E-state index contributed by atoms with van der Waals surface area (Å²) in [6, 6.07) is 9.81. The lowest BCUT2D eigenvalue weighted by atomic mass is 10.1. The highest BCUT2D eigenvalue weighted by molar-refractivity contribution is 9.10. The van der Waals surface area contributed by atoms with Crippen molar-refractivity contribution in [1.29, 1.82) is 0 Å². The van der Waals surface area contributed by atoms with Gasteiger partial charge in [-0.2, -0.15) is 0 Å². The van der Waals surface area contributed by atoms with Crippen molar-refractivity contribution in [3.8, 4) is 11.6 Å². The molecule has 0 saturated carbocycles. The summed E-state index contributed by atoms with van der Waals surface area (Å²) in [7, 11) is 0. The third kappa shape index (κ3) is 3.02. The molecular weight excluding hydrogens is 408 g/mol. The minimum Gasteiger partial charge on any atom is -0.461 e. The zero-order valence-corrected chi connectivity index (χ0v) is 16.0. The largest absolute Gasteiger partial charge is 0.461 e. The molecule has 4 heterocycles. The van der Waals surface area contributed by atoms with Crippen LogP contribution in [0.25, 0.3) is 22.5 Å². The van der Waals surface area contributed by atoms with Crippen LogP contribution < -0.4 is 5.56 Å². The molecule has 0 aliphatic carbocycles. The molecule has 0 radical (unpaired) electrons. The number of nitrogens with zero attached hydrogens (tertiary/aromatic N) is 2. The van der Waals surface area contributed by atoms with E-state index in [1.54, 1.807) is 18.4 Å².